The van der Waals surface area contributed by atoms with Crippen molar-refractivity contribution in [2.45, 2.75) is 12.5 Å². The van der Waals surface area contributed by atoms with Crippen molar-refractivity contribution >= 4 is 22.6 Å². The van der Waals surface area contributed by atoms with Gasteiger partial charge in [0.05, 0.1) is 6.04 Å². The predicted molar refractivity (Wildman–Crippen MR) is 79.3 cm³/mol. The Hall–Kier alpha value is -1.05. The van der Waals surface area contributed by atoms with Crippen molar-refractivity contribution in [3.8, 4) is 0 Å². The number of hydrogen-bond acceptors (Lipinski definition) is 2. The van der Waals surface area contributed by atoms with Crippen molar-refractivity contribution in [2.24, 2.45) is 5.84 Å². The molecule has 1 atom stereocenters. The molecule has 3 N–H and O–H groups in total. The van der Waals surface area contributed by atoms with E-state index < -0.39 is 11.6 Å². The molecular weight excluding hydrogens is 361 g/mol. The monoisotopic (exact) mass is 374 g/mol. The quantitative estimate of drug-likeness (QED) is 0.490. The normalized spacial score (nSPS) is 12.4. The zero-order valence-corrected chi connectivity index (χ0v) is 12.2. The van der Waals surface area contributed by atoms with Gasteiger partial charge in [0.1, 0.15) is 11.6 Å². The molecule has 0 heterocycles. The van der Waals surface area contributed by atoms with Gasteiger partial charge in [0.25, 0.3) is 0 Å². The fourth-order valence-electron chi connectivity index (χ4n) is 1.91. The van der Waals surface area contributed by atoms with Gasteiger partial charge in [0.2, 0.25) is 0 Å². The highest BCUT2D eigenvalue weighted by atomic mass is 127. The molecule has 0 bridgehead atoms. The van der Waals surface area contributed by atoms with Crippen LogP contribution in [0.15, 0.2) is 42.5 Å². The summed E-state index contributed by atoms with van der Waals surface area (Å²) in [5.74, 6) is 4.29. The summed E-state index contributed by atoms with van der Waals surface area (Å²) in [5, 5.41) is 0. The third-order valence-electron chi connectivity index (χ3n) is 2.84. The van der Waals surface area contributed by atoms with Crippen molar-refractivity contribution in [2.75, 3.05) is 0 Å². The standard InChI is InChI=1S/C14H13F2IN2/c15-11-6-10(7-12(16)8-11)14(19-18)5-9-1-3-13(17)4-2-9/h1-4,6-8,14,19H,5,18H2. The van der Waals surface area contributed by atoms with Gasteiger partial charge < -0.3 is 0 Å². The number of hydrazine groups is 1. The lowest BCUT2D eigenvalue weighted by molar-refractivity contribution is 0.530. The van der Waals surface area contributed by atoms with Crippen molar-refractivity contribution in [3.05, 3.63) is 68.8 Å². The molecule has 2 aromatic carbocycles. The number of halogens is 3. The number of rotatable bonds is 4. The van der Waals surface area contributed by atoms with Crippen LogP contribution >= 0.6 is 22.6 Å². The van der Waals surface area contributed by atoms with Gasteiger partial charge in [-0.3, -0.25) is 11.3 Å². The Kier molecular flexibility index (Phi) is 4.84. The molecule has 0 saturated heterocycles. The van der Waals surface area contributed by atoms with E-state index in [1.54, 1.807) is 0 Å². The summed E-state index contributed by atoms with van der Waals surface area (Å²) >= 11 is 2.22. The lowest BCUT2D eigenvalue weighted by Gasteiger charge is -2.16. The van der Waals surface area contributed by atoms with E-state index in [2.05, 4.69) is 28.0 Å². The van der Waals surface area contributed by atoms with Gasteiger partial charge in [-0.1, -0.05) is 12.1 Å². The third kappa shape index (κ3) is 3.95. The molecule has 2 rings (SSSR count). The van der Waals surface area contributed by atoms with Crippen LogP contribution in [-0.2, 0) is 6.42 Å². The van der Waals surface area contributed by atoms with Crippen LogP contribution in [0.5, 0.6) is 0 Å². The number of hydrogen-bond donors (Lipinski definition) is 2. The first-order valence-electron chi connectivity index (χ1n) is 5.75. The fraction of sp³-hybridized carbons (Fsp3) is 0.143. The Morgan fingerprint density at radius 1 is 1.05 bits per heavy atom. The zero-order chi connectivity index (χ0) is 13.8. The van der Waals surface area contributed by atoms with Gasteiger partial charge in [-0.25, -0.2) is 8.78 Å². The number of nitrogens with one attached hydrogen (secondary N) is 1. The van der Waals surface area contributed by atoms with Crippen LogP contribution in [0.25, 0.3) is 0 Å². The van der Waals surface area contributed by atoms with E-state index in [0.717, 1.165) is 15.2 Å². The maximum atomic E-state index is 13.2. The molecule has 0 saturated carbocycles. The zero-order valence-electron chi connectivity index (χ0n) is 10.0. The van der Waals surface area contributed by atoms with Crippen LogP contribution < -0.4 is 11.3 Å². The van der Waals surface area contributed by atoms with Gasteiger partial charge in [0, 0.05) is 9.64 Å². The summed E-state index contributed by atoms with van der Waals surface area (Å²) in [6.07, 6.45) is 0.566. The highest BCUT2D eigenvalue weighted by molar-refractivity contribution is 14.1. The SMILES string of the molecule is NNC(Cc1ccc(I)cc1)c1cc(F)cc(F)c1. The molecular formula is C14H13F2IN2. The molecule has 2 aromatic rings. The van der Waals surface area contributed by atoms with Crippen LogP contribution in [0.1, 0.15) is 17.2 Å². The molecule has 0 radical (unpaired) electrons. The molecule has 0 aliphatic carbocycles. The Bertz CT molecular complexity index is 538. The van der Waals surface area contributed by atoms with Gasteiger partial charge in [0.15, 0.2) is 0 Å². The minimum absolute atomic E-state index is 0.328. The largest absolute Gasteiger partial charge is 0.271 e. The first-order valence-corrected chi connectivity index (χ1v) is 6.83. The smallest absolute Gasteiger partial charge is 0.126 e. The first-order chi connectivity index (χ1) is 9.08. The summed E-state index contributed by atoms with van der Waals surface area (Å²) < 4.78 is 27.5. The lowest BCUT2D eigenvalue weighted by atomic mass is 9.99. The highest BCUT2D eigenvalue weighted by Crippen LogP contribution is 2.20. The maximum absolute atomic E-state index is 13.2. The van der Waals surface area contributed by atoms with Crippen LogP contribution in [0.2, 0.25) is 0 Å². The Balaban J connectivity index is 2.22. The molecule has 0 fully saturated rings. The molecule has 0 aromatic heterocycles. The van der Waals surface area contributed by atoms with Crippen molar-refractivity contribution in [1.29, 1.82) is 0 Å². The van der Waals surface area contributed by atoms with Crippen molar-refractivity contribution in [1.82, 2.24) is 5.43 Å². The fourth-order valence-corrected chi connectivity index (χ4v) is 2.27. The van der Waals surface area contributed by atoms with Crippen LogP contribution in [-0.4, -0.2) is 0 Å². The van der Waals surface area contributed by atoms with E-state index >= 15 is 0 Å². The van der Waals surface area contributed by atoms with Crippen LogP contribution in [0.3, 0.4) is 0 Å². The van der Waals surface area contributed by atoms with Gasteiger partial charge in [-0.05, 0) is 64.4 Å². The highest BCUT2D eigenvalue weighted by Gasteiger charge is 2.13. The second-order valence-electron chi connectivity index (χ2n) is 4.25. The Morgan fingerprint density at radius 2 is 1.63 bits per heavy atom. The molecule has 0 spiro atoms. The first kappa shape index (κ1) is 14.4. The van der Waals surface area contributed by atoms with Crippen LogP contribution in [0, 0.1) is 15.2 Å². The molecule has 0 amide bonds. The van der Waals surface area contributed by atoms with E-state index in [1.807, 2.05) is 24.3 Å². The Labute approximate surface area is 124 Å². The van der Waals surface area contributed by atoms with Crippen LogP contribution in [0.4, 0.5) is 8.78 Å². The van der Waals surface area contributed by atoms with E-state index in [1.165, 1.54) is 12.1 Å². The topological polar surface area (TPSA) is 38.0 Å². The molecule has 5 heteroatoms. The molecule has 0 aliphatic heterocycles. The lowest BCUT2D eigenvalue weighted by Crippen LogP contribution is -2.29. The Morgan fingerprint density at radius 3 is 2.16 bits per heavy atom. The second-order valence-corrected chi connectivity index (χ2v) is 5.50. The summed E-state index contributed by atoms with van der Waals surface area (Å²) in [6.45, 7) is 0. The minimum Gasteiger partial charge on any atom is -0.271 e. The third-order valence-corrected chi connectivity index (χ3v) is 3.56. The van der Waals surface area contributed by atoms with E-state index in [0.29, 0.717) is 12.0 Å². The average molecular weight is 374 g/mol. The molecule has 19 heavy (non-hydrogen) atoms. The maximum Gasteiger partial charge on any atom is 0.126 e. The van der Waals surface area contributed by atoms with Gasteiger partial charge >= 0.3 is 0 Å². The summed E-state index contributed by atoms with van der Waals surface area (Å²) in [6, 6.07) is 11.0. The molecule has 0 aliphatic rings. The summed E-state index contributed by atoms with van der Waals surface area (Å²) in [5.41, 5.74) is 4.15. The van der Waals surface area contributed by atoms with E-state index in [4.69, 9.17) is 5.84 Å². The minimum atomic E-state index is -0.599. The second kappa shape index (κ2) is 6.40. The molecule has 1 unspecified atom stereocenters. The summed E-state index contributed by atoms with van der Waals surface area (Å²) in [7, 11) is 0. The average Bonchev–Trinajstić information content (AvgIpc) is 2.37. The van der Waals surface area contributed by atoms with E-state index in [9.17, 15) is 8.78 Å². The number of benzene rings is 2. The van der Waals surface area contributed by atoms with Crippen molar-refractivity contribution < 1.29 is 8.78 Å². The number of nitrogens with two attached hydrogens (primary N) is 1. The predicted octanol–water partition coefficient (Wildman–Crippen LogP) is 3.32. The van der Waals surface area contributed by atoms with Gasteiger partial charge in [-0.2, -0.15) is 0 Å². The van der Waals surface area contributed by atoms with Gasteiger partial charge in [-0.15, -0.1) is 0 Å². The van der Waals surface area contributed by atoms with E-state index in [-0.39, 0.29) is 6.04 Å². The molecule has 2 nitrogen and oxygen atoms in total. The molecule has 100 valence electrons. The van der Waals surface area contributed by atoms with Crippen molar-refractivity contribution in [3.63, 3.8) is 0 Å². The summed E-state index contributed by atoms with van der Waals surface area (Å²) in [4.78, 5) is 0.